The Kier molecular flexibility index (Phi) is 5.53. The summed E-state index contributed by atoms with van der Waals surface area (Å²) in [5, 5.41) is 4.82. The number of para-hydroxylation sites is 2. The number of carbonyl (C=O) groups is 1. The third-order valence-corrected chi connectivity index (χ3v) is 5.88. The number of urea groups is 1. The second kappa shape index (κ2) is 8.40. The molecule has 0 aliphatic carbocycles. The monoisotopic (exact) mass is 407 g/mol. The lowest BCUT2D eigenvalue weighted by Gasteiger charge is -2.19. The largest absolute Gasteiger partial charge is 0.496 e. The minimum absolute atomic E-state index is 0.0512. The van der Waals surface area contributed by atoms with Gasteiger partial charge in [-0.15, -0.1) is 0 Å². The molecular formula is C21H21N5O2S. The van der Waals surface area contributed by atoms with Crippen LogP contribution >= 0.6 is 11.8 Å². The Morgan fingerprint density at radius 1 is 1.17 bits per heavy atom. The van der Waals surface area contributed by atoms with Gasteiger partial charge in [0.1, 0.15) is 11.1 Å². The lowest BCUT2D eigenvalue weighted by molar-refractivity contribution is 0.227. The third-order valence-electron chi connectivity index (χ3n) is 4.66. The van der Waals surface area contributed by atoms with Gasteiger partial charge in [-0.1, -0.05) is 48.2 Å². The van der Waals surface area contributed by atoms with Gasteiger partial charge in [0.15, 0.2) is 11.3 Å². The van der Waals surface area contributed by atoms with Gasteiger partial charge in [-0.3, -0.25) is 10.3 Å². The molecule has 2 aromatic rings. The number of benzene rings is 2. The molecule has 1 saturated heterocycles. The van der Waals surface area contributed by atoms with Crippen LogP contribution in [-0.4, -0.2) is 48.0 Å². The number of anilines is 1. The highest BCUT2D eigenvalue weighted by atomic mass is 32.2. The number of nitrogens with one attached hydrogen (secondary N) is 1. The molecule has 2 aliphatic heterocycles. The third kappa shape index (κ3) is 3.84. The van der Waals surface area contributed by atoms with E-state index in [0.717, 1.165) is 17.0 Å². The summed E-state index contributed by atoms with van der Waals surface area (Å²) in [6, 6.07) is 17.3. The maximum Gasteiger partial charge on any atom is 0.327 e. The van der Waals surface area contributed by atoms with Crippen molar-refractivity contribution < 1.29 is 9.53 Å². The maximum absolute atomic E-state index is 12.6. The van der Waals surface area contributed by atoms with Crippen molar-refractivity contribution in [2.75, 3.05) is 19.1 Å². The molecule has 2 aromatic carbocycles. The molecule has 1 N–H and O–H groups in total. The van der Waals surface area contributed by atoms with E-state index in [2.05, 4.69) is 15.5 Å². The zero-order valence-electron chi connectivity index (χ0n) is 16.1. The SMILES string of the molecule is COc1ccccc1/C=C/C=N/NC1=NC2C(S1)N(C)C(=O)N2c1ccccc1. The van der Waals surface area contributed by atoms with Gasteiger partial charge in [0.05, 0.1) is 7.11 Å². The topological polar surface area (TPSA) is 69.5 Å². The van der Waals surface area contributed by atoms with Crippen molar-refractivity contribution in [3.05, 3.63) is 66.2 Å². The normalized spacial score (nSPS) is 21.2. The van der Waals surface area contributed by atoms with Crippen LogP contribution in [0.2, 0.25) is 0 Å². The standard InChI is InChI=1S/C21H21N5O2S/c1-25-19-18(26(21(25)27)16-11-4-3-5-12-16)23-20(29-19)24-22-14-8-10-15-9-6-7-13-17(15)28-2/h3-14,18-19H,1-2H3,(H,23,24)/b10-8+,22-14+. The molecule has 0 saturated carbocycles. The van der Waals surface area contributed by atoms with Crippen molar-refractivity contribution in [1.82, 2.24) is 10.3 Å². The Bertz CT molecular complexity index is 976. The molecule has 4 rings (SSSR count). The summed E-state index contributed by atoms with van der Waals surface area (Å²) in [6.07, 6.45) is 5.14. The molecule has 2 unspecified atom stereocenters. The minimum atomic E-state index is -0.276. The number of carbonyl (C=O) groups excluding carboxylic acids is 1. The Hall–Kier alpha value is -3.26. The smallest absolute Gasteiger partial charge is 0.327 e. The molecule has 0 spiro atoms. The van der Waals surface area contributed by atoms with Crippen molar-refractivity contribution >= 4 is 40.9 Å². The predicted octanol–water partition coefficient (Wildman–Crippen LogP) is 3.61. The molecule has 1 fully saturated rings. The number of amidine groups is 1. The average Bonchev–Trinajstić information content (AvgIpc) is 3.26. The summed E-state index contributed by atoms with van der Waals surface area (Å²) in [5.74, 6) is 0.808. The summed E-state index contributed by atoms with van der Waals surface area (Å²) in [7, 11) is 3.45. The fourth-order valence-corrected chi connectivity index (χ4v) is 4.29. The molecule has 148 valence electrons. The van der Waals surface area contributed by atoms with Crippen LogP contribution in [0.4, 0.5) is 10.5 Å². The number of hydrazone groups is 1. The first-order valence-electron chi connectivity index (χ1n) is 9.13. The van der Waals surface area contributed by atoms with E-state index in [9.17, 15) is 4.79 Å². The fraction of sp³-hybridized carbons (Fsp3) is 0.190. The van der Waals surface area contributed by atoms with Crippen LogP contribution < -0.4 is 15.1 Å². The number of fused-ring (bicyclic) bond motifs is 1. The molecule has 2 aliphatic rings. The van der Waals surface area contributed by atoms with Gasteiger partial charge in [0.2, 0.25) is 0 Å². The predicted molar refractivity (Wildman–Crippen MR) is 118 cm³/mol. The van der Waals surface area contributed by atoms with Crippen molar-refractivity contribution in [2.45, 2.75) is 11.5 Å². The number of amides is 2. The van der Waals surface area contributed by atoms with Crippen LogP contribution in [0.25, 0.3) is 6.08 Å². The van der Waals surface area contributed by atoms with E-state index >= 15 is 0 Å². The van der Waals surface area contributed by atoms with Crippen LogP contribution in [0.15, 0.2) is 70.8 Å². The molecular weight excluding hydrogens is 386 g/mol. The lowest BCUT2D eigenvalue weighted by Crippen LogP contribution is -2.33. The van der Waals surface area contributed by atoms with E-state index in [1.165, 1.54) is 11.8 Å². The number of methoxy groups -OCH3 is 1. The van der Waals surface area contributed by atoms with Gasteiger partial charge >= 0.3 is 6.03 Å². The van der Waals surface area contributed by atoms with Crippen LogP contribution in [0.3, 0.4) is 0 Å². The summed E-state index contributed by atoms with van der Waals surface area (Å²) in [4.78, 5) is 20.7. The molecule has 29 heavy (non-hydrogen) atoms. The number of likely N-dealkylation sites (N-methyl/N-ethyl adjacent to an activating group) is 1. The van der Waals surface area contributed by atoms with Crippen molar-refractivity contribution in [2.24, 2.45) is 10.1 Å². The van der Waals surface area contributed by atoms with E-state index in [-0.39, 0.29) is 17.6 Å². The van der Waals surface area contributed by atoms with Crippen molar-refractivity contribution in [3.8, 4) is 5.75 Å². The van der Waals surface area contributed by atoms with E-state index in [4.69, 9.17) is 4.74 Å². The average molecular weight is 407 g/mol. The number of rotatable bonds is 5. The van der Waals surface area contributed by atoms with Gasteiger partial charge in [-0.2, -0.15) is 5.10 Å². The Morgan fingerprint density at radius 3 is 2.72 bits per heavy atom. The Labute approximate surface area is 173 Å². The van der Waals surface area contributed by atoms with Crippen molar-refractivity contribution in [3.63, 3.8) is 0 Å². The van der Waals surface area contributed by atoms with Gasteiger partial charge in [-0.05, 0) is 30.4 Å². The Morgan fingerprint density at radius 2 is 1.93 bits per heavy atom. The fourth-order valence-electron chi connectivity index (χ4n) is 3.24. The molecule has 2 heterocycles. The van der Waals surface area contributed by atoms with E-state index < -0.39 is 0 Å². The number of ether oxygens (including phenoxy) is 1. The number of allylic oxidation sites excluding steroid dienone is 1. The van der Waals surface area contributed by atoms with Crippen LogP contribution in [0.5, 0.6) is 5.75 Å². The molecule has 8 heteroatoms. The minimum Gasteiger partial charge on any atom is -0.496 e. The summed E-state index contributed by atoms with van der Waals surface area (Å²) in [5.41, 5.74) is 4.78. The zero-order valence-corrected chi connectivity index (χ0v) is 16.9. The molecule has 2 amide bonds. The first-order valence-corrected chi connectivity index (χ1v) is 10.0. The molecule has 2 atom stereocenters. The highest BCUT2D eigenvalue weighted by molar-refractivity contribution is 8.14. The number of hydrogen-bond donors (Lipinski definition) is 1. The van der Waals surface area contributed by atoms with Crippen LogP contribution in [0.1, 0.15) is 5.56 Å². The van der Waals surface area contributed by atoms with Crippen LogP contribution in [0, 0.1) is 0 Å². The second-order valence-electron chi connectivity index (χ2n) is 6.45. The molecule has 0 radical (unpaired) electrons. The van der Waals surface area contributed by atoms with E-state index in [1.807, 2.05) is 66.7 Å². The highest BCUT2D eigenvalue weighted by Crippen LogP contribution is 2.38. The highest BCUT2D eigenvalue weighted by Gasteiger charge is 2.49. The zero-order chi connectivity index (χ0) is 20.2. The summed E-state index contributed by atoms with van der Waals surface area (Å²) in [6.45, 7) is 0. The van der Waals surface area contributed by atoms with Crippen molar-refractivity contribution in [1.29, 1.82) is 0 Å². The molecule has 7 nitrogen and oxygen atoms in total. The maximum atomic E-state index is 12.6. The van der Waals surface area contributed by atoms with Gasteiger partial charge in [0, 0.05) is 24.5 Å². The van der Waals surface area contributed by atoms with Gasteiger partial charge in [-0.25, -0.2) is 9.79 Å². The molecule has 0 aromatic heterocycles. The lowest BCUT2D eigenvalue weighted by atomic mass is 10.2. The number of nitrogens with zero attached hydrogens (tertiary/aromatic N) is 4. The Balaban J connectivity index is 1.42. The number of hydrogen-bond acceptors (Lipinski definition) is 6. The van der Waals surface area contributed by atoms with E-state index in [1.54, 1.807) is 30.2 Å². The summed E-state index contributed by atoms with van der Waals surface area (Å²) >= 11 is 1.50. The van der Waals surface area contributed by atoms with Gasteiger partial charge < -0.3 is 9.64 Å². The quantitative estimate of drug-likeness (QED) is 0.607. The van der Waals surface area contributed by atoms with Crippen LogP contribution in [-0.2, 0) is 0 Å². The first kappa shape index (κ1) is 19.1. The summed E-state index contributed by atoms with van der Waals surface area (Å²) < 4.78 is 5.32. The first-order chi connectivity index (χ1) is 14.2. The van der Waals surface area contributed by atoms with Gasteiger partial charge in [0.25, 0.3) is 0 Å². The second-order valence-corrected chi connectivity index (χ2v) is 7.55. The number of thioether (sulfide) groups is 1. The van der Waals surface area contributed by atoms with E-state index in [0.29, 0.717) is 5.17 Å². The number of aliphatic imine (C=N–C) groups is 1. The molecule has 0 bridgehead atoms.